The van der Waals surface area contributed by atoms with Crippen molar-refractivity contribution in [3.8, 4) is 5.75 Å². The van der Waals surface area contributed by atoms with Crippen molar-refractivity contribution in [1.82, 2.24) is 0 Å². The smallest absolute Gasteiger partial charge is 0.330 e. The van der Waals surface area contributed by atoms with E-state index in [9.17, 15) is 9.90 Å². The van der Waals surface area contributed by atoms with Crippen LogP contribution in [0, 0.1) is 0 Å². The van der Waals surface area contributed by atoms with Gasteiger partial charge in [-0.05, 0) is 41.1 Å². The van der Waals surface area contributed by atoms with Gasteiger partial charge in [0.25, 0.3) is 0 Å². The van der Waals surface area contributed by atoms with Crippen LogP contribution in [0.5, 0.6) is 5.75 Å². The Kier molecular flexibility index (Phi) is 6.55. The quantitative estimate of drug-likeness (QED) is 0.224. The molecular formula is C26H22O4S. The monoisotopic (exact) mass is 430 g/mol. The first kappa shape index (κ1) is 21.0. The molecule has 4 aromatic rings. The van der Waals surface area contributed by atoms with Gasteiger partial charge in [-0.15, -0.1) is 0 Å². The Balaban J connectivity index is 1.73. The van der Waals surface area contributed by atoms with Gasteiger partial charge in [-0.2, -0.15) is 0 Å². The molecule has 0 fully saturated rings. The molecule has 0 saturated carbocycles. The highest BCUT2D eigenvalue weighted by atomic mass is 32.2. The molecule has 156 valence electrons. The molecule has 5 heteroatoms. The zero-order valence-electron chi connectivity index (χ0n) is 16.9. The number of rotatable bonds is 8. The fourth-order valence-electron chi connectivity index (χ4n) is 3.36. The molecule has 31 heavy (non-hydrogen) atoms. The third-order valence-corrected chi connectivity index (χ3v) is 5.83. The van der Waals surface area contributed by atoms with Gasteiger partial charge in [0.05, 0.1) is 6.61 Å². The Morgan fingerprint density at radius 3 is 2.45 bits per heavy atom. The number of carbonyl (C=O) groups excluding carboxylic acids is 1. The number of aliphatic hydroxyl groups is 1. The van der Waals surface area contributed by atoms with Gasteiger partial charge in [0.15, 0.2) is 6.10 Å². The third-order valence-electron chi connectivity index (χ3n) is 4.83. The van der Waals surface area contributed by atoms with Crippen molar-refractivity contribution in [3.63, 3.8) is 0 Å². The molecule has 0 aliphatic heterocycles. The minimum atomic E-state index is -0.776. The van der Waals surface area contributed by atoms with E-state index < -0.39 is 12.1 Å². The van der Waals surface area contributed by atoms with E-state index in [0.717, 1.165) is 37.4 Å². The van der Waals surface area contributed by atoms with Crippen LogP contribution in [0.4, 0.5) is 0 Å². The van der Waals surface area contributed by atoms with Crippen LogP contribution in [-0.4, -0.2) is 30.4 Å². The van der Waals surface area contributed by atoms with Gasteiger partial charge in [0.2, 0.25) is 0 Å². The molecule has 0 amide bonds. The van der Waals surface area contributed by atoms with Gasteiger partial charge in [-0.1, -0.05) is 66.9 Å². The molecule has 0 aliphatic rings. The minimum absolute atomic E-state index is 0.0369. The summed E-state index contributed by atoms with van der Waals surface area (Å²) in [4.78, 5) is 13.8. The molecule has 1 unspecified atom stereocenters. The van der Waals surface area contributed by atoms with Crippen LogP contribution in [-0.2, 0) is 9.53 Å². The lowest BCUT2D eigenvalue weighted by Crippen LogP contribution is -2.27. The average molecular weight is 431 g/mol. The lowest BCUT2D eigenvalue weighted by molar-refractivity contribution is -0.146. The standard InChI is InChI=1S/C26H22O4S/c1-2-25(28)30-20(16-27)17-29-26-23-11-7-6-8-18(23)14-19-12-13-22(15-24(19)26)31-21-9-4-3-5-10-21/h2-15,20,27H,1,16-17H2. The third kappa shape index (κ3) is 4.90. The summed E-state index contributed by atoms with van der Waals surface area (Å²) in [6, 6.07) is 26.6. The predicted octanol–water partition coefficient (Wildman–Crippen LogP) is 5.61. The van der Waals surface area contributed by atoms with E-state index in [0.29, 0.717) is 5.75 Å². The number of aliphatic hydroxyl groups excluding tert-OH is 1. The Bertz CT molecular complexity index is 1220. The molecule has 0 saturated heterocycles. The van der Waals surface area contributed by atoms with Gasteiger partial charge < -0.3 is 14.6 Å². The molecule has 0 heterocycles. The summed E-state index contributed by atoms with van der Waals surface area (Å²) in [6.07, 6.45) is 0.296. The van der Waals surface area contributed by atoms with Crippen LogP contribution in [0.1, 0.15) is 0 Å². The highest BCUT2D eigenvalue weighted by Crippen LogP contribution is 2.38. The Hall–Kier alpha value is -3.28. The van der Waals surface area contributed by atoms with E-state index in [-0.39, 0.29) is 13.2 Å². The van der Waals surface area contributed by atoms with E-state index in [1.807, 2.05) is 42.5 Å². The SMILES string of the molecule is C=CC(=O)OC(CO)COc1c2ccccc2cc2ccc(Sc3ccccc3)cc12. The summed E-state index contributed by atoms with van der Waals surface area (Å²) in [6.45, 7) is 3.09. The molecular weight excluding hydrogens is 408 g/mol. The number of fused-ring (bicyclic) bond motifs is 2. The van der Waals surface area contributed by atoms with Crippen molar-refractivity contribution >= 4 is 39.3 Å². The van der Waals surface area contributed by atoms with Crippen LogP contribution in [0.15, 0.2) is 101 Å². The first-order valence-electron chi connectivity index (χ1n) is 9.93. The number of carbonyl (C=O) groups is 1. The van der Waals surface area contributed by atoms with Gasteiger partial charge in [-0.25, -0.2) is 4.79 Å². The minimum Gasteiger partial charge on any atom is -0.488 e. The van der Waals surface area contributed by atoms with Gasteiger partial charge >= 0.3 is 5.97 Å². The predicted molar refractivity (Wildman–Crippen MR) is 125 cm³/mol. The molecule has 1 N–H and O–H groups in total. The lowest BCUT2D eigenvalue weighted by atomic mass is 10.0. The molecule has 0 bridgehead atoms. The Morgan fingerprint density at radius 2 is 1.68 bits per heavy atom. The maximum atomic E-state index is 11.5. The van der Waals surface area contributed by atoms with Crippen molar-refractivity contribution in [3.05, 3.63) is 91.5 Å². The Labute approximate surface area is 185 Å². The second-order valence-corrected chi connectivity index (χ2v) is 8.13. The number of hydrogen-bond donors (Lipinski definition) is 1. The van der Waals surface area contributed by atoms with Crippen LogP contribution >= 0.6 is 11.8 Å². The maximum Gasteiger partial charge on any atom is 0.330 e. The van der Waals surface area contributed by atoms with Gasteiger partial charge in [0, 0.05) is 26.6 Å². The number of esters is 1. The summed E-state index contributed by atoms with van der Waals surface area (Å²) in [7, 11) is 0. The van der Waals surface area contributed by atoms with E-state index >= 15 is 0 Å². The van der Waals surface area contributed by atoms with Gasteiger partial charge in [-0.3, -0.25) is 0 Å². The largest absolute Gasteiger partial charge is 0.488 e. The zero-order valence-corrected chi connectivity index (χ0v) is 17.7. The molecule has 0 aromatic heterocycles. The topological polar surface area (TPSA) is 55.8 Å². The second kappa shape index (κ2) is 9.69. The molecule has 0 spiro atoms. The number of benzene rings is 4. The first-order chi connectivity index (χ1) is 15.2. The van der Waals surface area contributed by atoms with Crippen molar-refractivity contribution in [2.45, 2.75) is 15.9 Å². The van der Waals surface area contributed by atoms with Crippen LogP contribution in [0.2, 0.25) is 0 Å². The molecule has 0 aliphatic carbocycles. The summed E-state index contributed by atoms with van der Waals surface area (Å²) in [5.41, 5.74) is 0. The first-order valence-corrected chi connectivity index (χ1v) is 10.7. The molecule has 4 rings (SSSR count). The van der Waals surface area contributed by atoms with Crippen molar-refractivity contribution in [1.29, 1.82) is 0 Å². The molecule has 4 nitrogen and oxygen atoms in total. The molecule has 4 aromatic carbocycles. The number of ether oxygens (including phenoxy) is 2. The van der Waals surface area contributed by atoms with Gasteiger partial charge in [0.1, 0.15) is 12.4 Å². The van der Waals surface area contributed by atoms with Crippen LogP contribution in [0.25, 0.3) is 21.5 Å². The zero-order chi connectivity index (χ0) is 21.6. The van der Waals surface area contributed by atoms with E-state index in [2.05, 4.69) is 43.0 Å². The fraction of sp³-hybridized carbons (Fsp3) is 0.115. The van der Waals surface area contributed by atoms with Crippen molar-refractivity contribution < 1.29 is 19.4 Å². The van der Waals surface area contributed by atoms with Crippen molar-refractivity contribution in [2.75, 3.05) is 13.2 Å². The maximum absolute atomic E-state index is 11.5. The van der Waals surface area contributed by atoms with E-state index in [1.54, 1.807) is 11.8 Å². The van der Waals surface area contributed by atoms with Crippen molar-refractivity contribution in [2.24, 2.45) is 0 Å². The second-order valence-electron chi connectivity index (χ2n) is 6.98. The average Bonchev–Trinajstić information content (AvgIpc) is 2.81. The summed E-state index contributed by atoms with van der Waals surface area (Å²) >= 11 is 1.68. The summed E-state index contributed by atoms with van der Waals surface area (Å²) < 4.78 is 11.3. The summed E-state index contributed by atoms with van der Waals surface area (Å²) in [5, 5.41) is 13.6. The lowest BCUT2D eigenvalue weighted by Gasteiger charge is -2.18. The normalized spacial score (nSPS) is 11.9. The van der Waals surface area contributed by atoms with E-state index in [4.69, 9.17) is 9.47 Å². The highest BCUT2D eigenvalue weighted by Gasteiger charge is 2.16. The van der Waals surface area contributed by atoms with Crippen LogP contribution < -0.4 is 4.74 Å². The summed E-state index contributed by atoms with van der Waals surface area (Å²) in [5.74, 6) is 0.115. The highest BCUT2D eigenvalue weighted by molar-refractivity contribution is 7.99. The number of hydrogen-bond acceptors (Lipinski definition) is 5. The molecule has 0 radical (unpaired) electrons. The molecule has 1 atom stereocenters. The fourth-order valence-corrected chi connectivity index (χ4v) is 4.23. The van der Waals surface area contributed by atoms with E-state index in [1.165, 1.54) is 0 Å². The Morgan fingerprint density at radius 1 is 0.935 bits per heavy atom. The van der Waals surface area contributed by atoms with Crippen LogP contribution in [0.3, 0.4) is 0 Å².